The largest absolute Gasteiger partial charge is 0.495 e. The summed E-state index contributed by atoms with van der Waals surface area (Å²) < 4.78 is 5.09. The lowest BCUT2D eigenvalue weighted by Gasteiger charge is -2.04. The van der Waals surface area contributed by atoms with Crippen molar-refractivity contribution in [2.75, 3.05) is 13.7 Å². The lowest BCUT2D eigenvalue weighted by Crippen LogP contribution is -2.25. The van der Waals surface area contributed by atoms with E-state index in [0.29, 0.717) is 17.2 Å². The average molecular weight is 251 g/mol. The number of H-pyrrole nitrogens is 1. The third-order valence-corrected chi connectivity index (χ3v) is 3.18. The quantitative estimate of drug-likeness (QED) is 0.845. The summed E-state index contributed by atoms with van der Waals surface area (Å²) in [6.45, 7) is 0.572. The highest BCUT2D eigenvalue weighted by molar-refractivity contribution is 7.12. The first kappa shape index (κ1) is 11.7. The van der Waals surface area contributed by atoms with E-state index in [-0.39, 0.29) is 5.91 Å². The Balaban J connectivity index is 1.85. The minimum atomic E-state index is -0.101. The summed E-state index contributed by atoms with van der Waals surface area (Å²) in [7, 11) is 1.56. The number of carbonyl (C=O) groups is 1. The van der Waals surface area contributed by atoms with E-state index in [9.17, 15) is 4.79 Å². The van der Waals surface area contributed by atoms with Crippen molar-refractivity contribution < 1.29 is 9.53 Å². The number of carbonyl (C=O) groups excluding carboxylic acids is 1. The smallest absolute Gasteiger partial charge is 0.265 e. The molecule has 2 rings (SSSR count). The van der Waals surface area contributed by atoms with Gasteiger partial charge in [-0.2, -0.15) is 0 Å². The fourth-order valence-corrected chi connectivity index (χ4v) is 2.21. The number of imidazole rings is 1. The summed E-state index contributed by atoms with van der Waals surface area (Å²) >= 11 is 1.37. The number of aromatic amines is 1. The topological polar surface area (TPSA) is 67.0 Å². The number of amides is 1. The van der Waals surface area contributed by atoms with Gasteiger partial charge in [-0.25, -0.2) is 4.98 Å². The molecule has 5 nitrogen and oxygen atoms in total. The van der Waals surface area contributed by atoms with Crippen LogP contribution in [0, 0.1) is 0 Å². The predicted molar refractivity (Wildman–Crippen MR) is 65.5 cm³/mol. The summed E-state index contributed by atoms with van der Waals surface area (Å²) in [5.74, 6) is 0.519. The standard InChI is InChI=1S/C11H13N3O2S/c1-16-9-3-5-17-10(9)11(15)13-4-2-8-6-12-7-14-8/h3,5-7H,2,4H2,1H3,(H,12,14)(H,13,15). The maximum Gasteiger partial charge on any atom is 0.265 e. The van der Waals surface area contributed by atoms with Gasteiger partial charge in [0.15, 0.2) is 0 Å². The maximum absolute atomic E-state index is 11.8. The van der Waals surface area contributed by atoms with E-state index in [0.717, 1.165) is 12.1 Å². The van der Waals surface area contributed by atoms with Crippen LogP contribution in [-0.4, -0.2) is 29.5 Å². The van der Waals surface area contributed by atoms with E-state index in [1.54, 1.807) is 25.7 Å². The number of thiophene rings is 1. The fourth-order valence-electron chi connectivity index (χ4n) is 1.44. The first-order valence-corrected chi connectivity index (χ1v) is 6.06. The SMILES string of the molecule is COc1ccsc1C(=O)NCCc1cnc[nH]1. The van der Waals surface area contributed by atoms with Gasteiger partial charge in [-0.15, -0.1) is 11.3 Å². The van der Waals surface area contributed by atoms with Crippen LogP contribution < -0.4 is 10.1 Å². The van der Waals surface area contributed by atoms with Gasteiger partial charge in [0.05, 0.1) is 13.4 Å². The number of methoxy groups -OCH3 is 1. The molecule has 0 aliphatic rings. The molecular formula is C11H13N3O2S. The van der Waals surface area contributed by atoms with Gasteiger partial charge in [0.2, 0.25) is 0 Å². The normalized spacial score (nSPS) is 10.2. The van der Waals surface area contributed by atoms with Crippen molar-refractivity contribution in [1.82, 2.24) is 15.3 Å². The minimum Gasteiger partial charge on any atom is -0.495 e. The van der Waals surface area contributed by atoms with Gasteiger partial charge >= 0.3 is 0 Å². The third kappa shape index (κ3) is 2.85. The van der Waals surface area contributed by atoms with Crippen LogP contribution in [0.15, 0.2) is 24.0 Å². The van der Waals surface area contributed by atoms with E-state index in [4.69, 9.17) is 4.74 Å². The van der Waals surface area contributed by atoms with Crippen molar-refractivity contribution in [3.05, 3.63) is 34.5 Å². The first-order chi connectivity index (χ1) is 8.31. The predicted octanol–water partition coefficient (Wildman–Crippen LogP) is 1.45. The number of nitrogens with zero attached hydrogens (tertiary/aromatic N) is 1. The van der Waals surface area contributed by atoms with Gasteiger partial charge in [-0.1, -0.05) is 0 Å². The Kier molecular flexibility index (Phi) is 3.77. The van der Waals surface area contributed by atoms with Crippen LogP contribution in [0.2, 0.25) is 0 Å². The van der Waals surface area contributed by atoms with Crippen molar-refractivity contribution in [2.45, 2.75) is 6.42 Å². The Morgan fingerprint density at radius 3 is 3.24 bits per heavy atom. The zero-order chi connectivity index (χ0) is 12.1. The highest BCUT2D eigenvalue weighted by Crippen LogP contribution is 2.23. The minimum absolute atomic E-state index is 0.101. The van der Waals surface area contributed by atoms with E-state index in [1.807, 2.05) is 5.38 Å². The molecule has 0 aromatic carbocycles. The van der Waals surface area contributed by atoms with Crippen molar-refractivity contribution in [2.24, 2.45) is 0 Å². The molecule has 6 heteroatoms. The van der Waals surface area contributed by atoms with Crippen LogP contribution in [0.4, 0.5) is 0 Å². The van der Waals surface area contributed by atoms with Crippen LogP contribution in [0.5, 0.6) is 5.75 Å². The van der Waals surface area contributed by atoms with Gasteiger partial charge in [0.25, 0.3) is 5.91 Å². The van der Waals surface area contributed by atoms with Crippen molar-refractivity contribution >= 4 is 17.2 Å². The summed E-state index contributed by atoms with van der Waals surface area (Å²) in [6, 6.07) is 1.79. The molecule has 90 valence electrons. The van der Waals surface area contributed by atoms with Crippen molar-refractivity contribution in [1.29, 1.82) is 0 Å². The van der Waals surface area contributed by atoms with Crippen molar-refractivity contribution in [3.63, 3.8) is 0 Å². The Hall–Kier alpha value is -1.82. The molecule has 0 atom stereocenters. The Morgan fingerprint density at radius 1 is 1.65 bits per heavy atom. The fraction of sp³-hybridized carbons (Fsp3) is 0.273. The molecule has 17 heavy (non-hydrogen) atoms. The highest BCUT2D eigenvalue weighted by Gasteiger charge is 2.12. The Morgan fingerprint density at radius 2 is 2.53 bits per heavy atom. The Bertz CT molecular complexity index is 479. The molecule has 0 fully saturated rings. The summed E-state index contributed by atoms with van der Waals surface area (Å²) in [5, 5.41) is 4.68. The molecule has 2 aromatic heterocycles. The molecule has 0 bridgehead atoms. The molecule has 0 aliphatic carbocycles. The molecule has 0 spiro atoms. The molecule has 1 amide bonds. The van der Waals surface area contributed by atoms with Crippen LogP contribution in [0.3, 0.4) is 0 Å². The molecule has 0 radical (unpaired) electrons. The van der Waals surface area contributed by atoms with Gasteiger partial charge in [-0.05, 0) is 11.4 Å². The second-order valence-corrected chi connectivity index (χ2v) is 4.32. The number of hydrogen-bond donors (Lipinski definition) is 2. The van der Waals surface area contributed by atoms with E-state index < -0.39 is 0 Å². The highest BCUT2D eigenvalue weighted by atomic mass is 32.1. The molecule has 0 unspecified atom stereocenters. The van der Waals surface area contributed by atoms with E-state index in [2.05, 4.69) is 15.3 Å². The molecular weight excluding hydrogens is 238 g/mol. The number of hydrogen-bond acceptors (Lipinski definition) is 4. The number of nitrogens with one attached hydrogen (secondary N) is 2. The van der Waals surface area contributed by atoms with Crippen LogP contribution in [0.25, 0.3) is 0 Å². The van der Waals surface area contributed by atoms with E-state index in [1.165, 1.54) is 11.3 Å². The molecule has 2 N–H and O–H groups in total. The van der Waals surface area contributed by atoms with Gasteiger partial charge < -0.3 is 15.0 Å². The van der Waals surface area contributed by atoms with Gasteiger partial charge in [-0.3, -0.25) is 4.79 Å². The molecule has 2 heterocycles. The second kappa shape index (κ2) is 5.49. The molecule has 0 saturated heterocycles. The Labute approximate surface area is 103 Å². The number of ether oxygens (including phenoxy) is 1. The van der Waals surface area contributed by atoms with Gasteiger partial charge in [0, 0.05) is 24.9 Å². The second-order valence-electron chi connectivity index (χ2n) is 3.40. The van der Waals surface area contributed by atoms with Gasteiger partial charge in [0.1, 0.15) is 10.6 Å². The third-order valence-electron chi connectivity index (χ3n) is 2.29. The monoisotopic (exact) mass is 251 g/mol. The number of rotatable bonds is 5. The summed E-state index contributed by atoms with van der Waals surface area (Å²) in [6.07, 6.45) is 4.11. The summed E-state index contributed by atoms with van der Waals surface area (Å²) in [4.78, 5) is 19.3. The van der Waals surface area contributed by atoms with Crippen LogP contribution in [-0.2, 0) is 6.42 Å². The maximum atomic E-state index is 11.8. The van der Waals surface area contributed by atoms with Crippen LogP contribution in [0.1, 0.15) is 15.4 Å². The molecule has 2 aromatic rings. The summed E-state index contributed by atoms with van der Waals surface area (Å²) in [5.41, 5.74) is 1.00. The first-order valence-electron chi connectivity index (χ1n) is 5.18. The van der Waals surface area contributed by atoms with Crippen molar-refractivity contribution in [3.8, 4) is 5.75 Å². The average Bonchev–Trinajstić information content (AvgIpc) is 2.99. The van der Waals surface area contributed by atoms with E-state index >= 15 is 0 Å². The molecule has 0 aliphatic heterocycles. The zero-order valence-corrected chi connectivity index (χ0v) is 10.2. The van der Waals surface area contributed by atoms with Crippen LogP contribution >= 0.6 is 11.3 Å². The number of aromatic nitrogens is 2. The zero-order valence-electron chi connectivity index (χ0n) is 9.40. The lowest BCUT2D eigenvalue weighted by atomic mass is 10.3. The molecule has 0 saturated carbocycles. The lowest BCUT2D eigenvalue weighted by molar-refractivity contribution is 0.0955.